The van der Waals surface area contributed by atoms with Gasteiger partial charge in [0.05, 0.1) is 31.2 Å². The average Bonchev–Trinajstić information content (AvgIpc) is 3.33. The summed E-state index contributed by atoms with van der Waals surface area (Å²) >= 11 is 1.38. The van der Waals surface area contributed by atoms with Crippen LogP contribution in [0.2, 0.25) is 0 Å². The van der Waals surface area contributed by atoms with Gasteiger partial charge in [-0.05, 0) is 33.4 Å². The predicted molar refractivity (Wildman–Crippen MR) is 126 cm³/mol. The third-order valence-corrected chi connectivity index (χ3v) is 6.46. The van der Waals surface area contributed by atoms with Gasteiger partial charge in [-0.15, -0.1) is 11.3 Å². The third-order valence-electron chi connectivity index (χ3n) is 5.69. The minimum atomic E-state index is -2.56. The monoisotopic (exact) mass is 501 g/mol. The number of aliphatic imine (C=N–C) groups is 1. The Labute approximate surface area is 202 Å². The van der Waals surface area contributed by atoms with Gasteiger partial charge in [0.1, 0.15) is 0 Å². The van der Waals surface area contributed by atoms with Gasteiger partial charge in [-0.25, -0.2) is 18.6 Å². The fourth-order valence-corrected chi connectivity index (χ4v) is 3.93. The minimum Gasteiger partial charge on any atom is -0.481 e. The molecule has 0 saturated heterocycles. The van der Waals surface area contributed by atoms with Gasteiger partial charge in [-0.1, -0.05) is 6.92 Å². The van der Waals surface area contributed by atoms with Crippen molar-refractivity contribution in [2.75, 3.05) is 52.9 Å². The molecule has 1 aromatic heterocycles. The van der Waals surface area contributed by atoms with Gasteiger partial charge in [-0.3, -0.25) is 14.7 Å². The van der Waals surface area contributed by atoms with Gasteiger partial charge in [0.2, 0.25) is 0 Å². The lowest BCUT2D eigenvalue weighted by Crippen LogP contribution is -2.43. The second-order valence-electron chi connectivity index (χ2n) is 8.58. The molecule has 12 heteroatoms. The van der Waals surface area contributed by atoms with Crippen molar-refractivity contribution in [3.63, 3.8) is 0 Å². The summed E-state index contributed by atoms with van der Waals surface area (Å²) in [4.78, 5) is 35.9. The Bertz CT molecular complexity index is 890. The van der Waals surface area contributed by atoms with E-state index < -0.39 is 30.3 Å². The van der Waals surface area contributed by atoms with E-state index >= 15 is 0 Å². The van der Waals surface area contributed by atoms with Crippen molar-refractivity contribution in [3.05, 3.63) is 27.9 Å². The first-order valence-electron chi connectivity index (χ1n) is 11.0. The van der Waals surface area contributed by atoms with Gasteiger partial charge in [0.25, 0.3) is 6.43 Å². The number of aromatic nitrogens is 1. The van der Waals surface area contributed by atoms with Gasteiger partial charge in [-0.2, -0.15) is 0 Å². The summed E-state index contributed by atoms with van der Waals surface area (Å²) in [6.07, 6.45) is -0.478. The first-order valence-corrected chi connectivity index (χ1v) is 11.9. The molecule has 0 radical (unpaired) electrons. The molecule has 0 atom stereocenters. The maximum absolute atomic E-state index is 13.4. The summed E-state index contributed by atoms with van der Waals surface area (Å²) in [5.74, 6) is -0.945. The van der Waals surface area contributed by atoms with E-state index in [1.807, 2.05) is 11.8 Å². The molecule has 190 valence electrons. The highest BCUT2D eigenvalue weighted by Gasteiger charge is 2.28. The highest BCUT2D eigenvalue weighted by Crippen LogP contribution is 2.21. The standard InChI is InChI=1S/C22H33F2N5O4S/c1-5-28(8-6-22(2,3)21(31)32)9-10-29(14-17(23)24)13-16-15(20(30)33-4)12-26-18(27-16)19-25-7-11-34-19/h7,11,17H,5-6,8-10,12-14H2,1-4H3,(H,26,27)(H,31,32). The molecule has 2 rings (SSSR count). The Morgan fingerprint density at radius 3 is 2.56 bits per heavy atom. The molecule has 0 spiro atoms. The summed E-state index contributed by atoms with van der Waals surface area (Å²) in [6.45, 7) is 6.95. The second kappa shape index (κ2) is 12.9. The summed E-state index contributed by atoms with van der Waals surface area (Å²) in [6, 6.07) is 0. The Morgan fingerprint density at radius 2 is 2.00 bits per heavy atom. The van der Waals surface area contributed by atoms with Crippen molar-refractivity contribution >= 4 is 29.1 Å². The highest BCUT2D eigenvalue weighted by atomic mass is 32.1. The van der Waals surface area contributed by atoms with Crippen LogP contribution in [0.15, 0.2) is 27.8 Å². The van der Waals surface area contributed by atoms with E-state index in [1.54, 1.807) is 30.3 Å². The van der Waals surface area contributed by atoms with E-state index in [9.17, 15) is 23.5 Å². The molecule has 1 aliphatic rings. The normalized spacial score (nSPS) is 14.6. The molecule has 2 N–H and O–H groups in total. The number of ether oxygens (including phenoxy) is 1. The number of rotatable bonds is 14. The summed E-state index contributed by atoms with van der Waals surface area (Å²) in [7, 11) is 1.27. The lowest BCUT2D eigenvalue weighted by molar-refractivity contribution is -0.147. The van der Waals surface area contributed by atoms with Crippen LogP contribution in [0.4, 0.5) is 8.78 Å². The Balaban J connectivity index is 2.12. The first-order chi connectivity index (χ1) is 16.1. The molecule has 0 saturated carbocycles. The van der Waals surface area contributed by atoms with Crippen LogP contribution in [0.5, 0.6) is 0 Å². The number of thiazole rings is 1. The van der Waals surface area contributed by atoms with Gasteiger partial charge in [0.15, 0.2) is 10.8 Å². The van der Waals surface area contributed by atoms with Crippen molar-refractivity contribution in [1.29, 1.82) is 0 Å². The number of methoxy groups -OCH3 is 1. The number of aliphatic carboxylic acids is 1. The zero-order valence-electron chi connectivity index (χ0n) is 20.0. The number of hydrogen-bond donors (Lipinski definition) is 2. The summed E-state index contributed by atoms with van der Waals surface area (Å²) < 4.78 is 31.6. The Kier molecular flexibility index (Phi) is 10.5. The number of amidine groups is 1. The van der Waals surface area contributed by atoms with Crippen LogP contribution >= 0.6 is 11.3 Å². The topological polar surface area (TPSA) is 107 Å². The number of esters is 1. The predicted octanol–water partition coefficient (Wildman–Crippen LogP) is 2.31. The van der Waals surface area contributed by atoms with Crippen LogP contribution in [-0.4, -0.2) is 97.0 Å². The second-order valence-corrected chi connectivity index (χ2v) is 9.47. The smallest absolute Gasteiger partial charge is 0.337 e. The molecule has 1 aromatic rings. The lowest BCUT2D eigenvalue weighted by atomic mass is 9.89. The third kappa shape index (κ3) is 8.10. The SMILES string of the molecule is CCN(CCN(CC1=C(C(=O)OC)CN=C(c2nccs2)N1)CC(F)F)CCC(C)(C)C(=O)O. The summed E-state index contributed by atoms with van der Waals surface area (Å²) in [5.41, 5.74) is -0.117. The van der Waals surface area contributed by atoms with Gasteiger partial charge >= 0.3 is 11.9 Å². The number of nitrogens with one attached hydrogen (secondary N) is 1. The molecular weight excluding hydrogens is 468 g/mol. The first kappa shape index (κ1) is 27.8. The minimum absolute atomic E-state index is 0.0673. The summed E-state index contributed by atoms with van der Waals surface area (Å²) in [5, 5.41) is 14.9. The zero-order chi connectivity index (χ0) is 25.3. The van der Waals surface area contributed by atoms with Crippen LogP contribution in [-0.2, 0) is 14.3 Å². The number of nitrogens with zero attached hydrogens (tertiary/aromatic N) is 4. The van der Waals surface area contributed by atoms with E-state index in [2.05, 4.69) is 15.3 Å². The lowest BCUT2D eigenvalue weighted by Gasteiger charge is -2.30. The number of carbonyl (C=O) groups is 2. The fourth-order valence-electron chi connectivity index (χ4n) is 3.33. The molecule has 0 fully saturated rings. The van der Waals surface area contributed by atoms with Crippen LogP contribution < -0.4 is 5.32 Å². The van der Waals surface area contributed by atoms with Crippen molar-refractivity contribution in [2.45, 2.75) is 33.6 Å². The molecule has 0 unspecified atom stereocenters. The van der Waals surface area contributed by atoms with Gasteiger partial charge in [0, 0.05) is 36.9 Å². The Hall–Kier alpha value is -2.44. The number of carboxylic acids is 1. The van der Waals surface area contributed by atoms with Gasteiger partial charge < -0.3 is 20.1 Å². The number of hydrogen-bond acceptors (Lipinski definition) is 9. The van der Waals surface area contributed by atoms with Crippen LogP contribution in [0.25, 0.3) is 0 Å². The van der Waals surface area contributed by atoms with Crippen molar-refractivity contribution in [1.82, 2.24) is 20.1 Å². The molecule has 0 aromatic carbocycles. The van der Waals surface area contributed by atoms with Crippen molar-refractivity contribution in [2.24, 2.45) is 10.4 Å². The molecule has 34 heavy (non-hydrogen) atoms. The quantitative estimate of drug-likeness (QED) is 0.374. The molecule has 1 aliphatic heterocycles. The largest absolute Gasteiger partial charge is 0.481 e. The van der Waals surface area contributed by atoms with Crippen molar-refractivity contribution < 1.29 is 28.2 Å². The molecule has 2 heterocycles. The van der Waals surface area contributed by atoms with E-state index in [1.165, 1.54) is 18.4 Å². The molecule has 0 bridgehead atoms. The Morgan fingerprint density at radius 1 is 1.29 bits per heavy atom. The average molecular weight is 502 g/mol. The van der Waals surface area contributed by atoms with Crippen molar-refractivity contribution in [3.8, 4) is 0 Å². The number of halogens is 2. The van der Waals surface area contributed by atoms with E-state index in [0.29, 0.717) is 49.1 Å². The number of likely N-dealkylation sites (N-methyl/N-ethyl adjacent to an activating group) is 1. The number of carbonyl (C=O) groups excluding carboxylic acids is 1. The van der Waals surface area contributed by atoms with E-state index in [4.69, 9.17) is 4.74 Å². The van der Waals surface area contributed by atoms with Crippen LogP contribution in [0, 0.1) is 5.41 Å². The van der Waals surface area contributed by atoms with E-state index in [0.717, 1.165) is 0 Å². The van der Waals surface area contributed by atoms with Crippen LogP contribution in [0.3, 0.4) is 0 Å². The highest BCUT2D eigenvalue weighted by molar-refractivity contribution is 7.11. The molecule has 9 nitrogen and oxygen atoms in total. The molecule has 0 amide bonds. The maximum Gasteiger partial charge on any atom is 0.337 e. The number of carboxylic acid groups (broad SMARTS) is 1. The molecular formula is C22H33F2N5O4S. The number of alkyl halides is 2. The van der Waals surface area contributed by atoms with E-state index in [-0.39, 0.29) is 18.7 Å². The zero-order valence-corrected chi connectivity index (χ0v) is 20.8. The molecule has 0 aliphatic carbocycles. The maximum atomic E-state index is 13.4. The fraction of sp³-hybridized carbons (Fsp3) is 0.636. The van der Waals surface area contributed by atoms with Crippen LogP contribution in [0.1, 0.15) is 32.2 Å².